The van der Waals surface area contributed by atoms with Crippen LogP contribution in [0, 0.1) is 0 Å². The summed E-state index contributed by atoms with van der Waals surface area (Å²) in [6.45, 7) is 0. The molecule has 2 aliphatic rings. The number of fused-ring (bicyclic) bond motifs is 3. The average Bonchev–Trinajstić information content (AvgIpc) is 3.39. The third kappa shape index (κ3) is 4.38. The molecule has 0 bridgehead atoms. The van der Waals surface area contributed by atoms with Crippen LogP contribution in [0.3, 0.4) is 0 Å². The maximum Gasteiger partial charge on any atom is 0.294 e. The number of hydrogen-bond donors (Lipinski definition) is 4. The topological polar surface area (TPSA) is 167 Å². The summed E-state index contributed by atoms with van der Waals surface area (Å²) >= 11 is 0. The third-order valence-corrected chi connectivity index (χ3v) is 8.39. The first-order valence-electron chi connectivity index (χ1n) is 11.7. The fraction of sp³-hybridized carbons (Fsp3) is 0. The highest BCUT2D eigenvalue weighted by molar-refractivity contribution is 7.86. The Balaban J connectivity index is 1.37. The van der Waals surface area contributed by atoms with Crippen molar-refractivity contribution in [3.05, 3.63) is 106 Å². The van der Waals surface area contributed by atoms with Crippen LogP contribution in [0.15, 0.2) is 94.0 Å². The Morgan fingerprint density at radius 3 is 1.35 bits per heavy atom. The van der Waals surface area contributed by atoms with E-state index in [0.29, 0.717) is 22.5 Å². The van der Waals surface area contributed by atoms with Crippen LogP contribution in [0.25, 0.3) is 22.9 Å². The molecule has 4 aromatic carbocycles. The van der Waals surface area contributed by atoms with Crippen molar-refractivity contribution in [2.24, 2.45) is 0 Å². The minimum absolute atomic E-state index is 0.120. The molecule has 0 aromatic heterocycles. The van der Waals surface area contributed by atoms with E-state index in [1.807, 2.05) is 24.3 Å². The second-order valence-corrected chi connectivity index (χ2v) is 12.0. The molecule has 0 aliphatic carbocycles. The van der Waals surface area contributed by atoms with Gasteiger partial charge >= 0.3 is 0 Å². The summed E-state index contributed by atoms with van der Waals surface area (Å²) in [4.78, 5) is 25.3. The largest absolute Gasteiger partial charge is 0.352 e. The van der Waals surface area contributed by atoms with E-state index in [1.54, 1.807) is 24.3 Å². The summed E-state index contributed by atoms with van der Waals surface area (Å²) < 4.78 is 64.6. The van der Waals surface area contributed by atoms with Crippen LogP contribution in [-0.4, -0.2) is 37.5 Å². The molecule has 0 fully saturated rings. The Morgan fingerprint density at radius 2 is 0.975 bits per heavy atom. The van der Waals surface area contributed by atoms with Gasteiger partial charge in [0.2, 0.25) is 11.6 Å². The van der Waals surface area contributed by atoms with Crippen LogP contribution in [0.4, 0.5) is 11.4 Å². The Hall–Kier alpha value is -4.62. The van der Waals surface area contributed by atoms with E-state index in [-0.39, 0.29) is 32.3 Å². The molecule has 0 saturated heterocycles. The number of ketones is 2. The van der Waals surface area contributed by atoms with Gasteiger partial charge in [-0.05, 0) is 70.4 Å². The van der Waals surface area contributed by atoms with Crippen molar-refractivity contribution in [3.8, 4) is 0 Å². The predicted octanol–water partition coefficient (Wildman–Crippen LogP) is 4.63. The van der Waals surface area contributed by atoms with E-state index in [2.05, 4.69) is 10.6 Å². The van der Waals surface area contributed by atoms with E-state index >= 15 is 0 Å². The van der Waals surface area contributed by atoms with Crippen LogP contribution < -0.4 is 10.6 Å². The molecule has 0 amide bonds. The molecule has 12 heteroatoms. The SMILES string of the molecule is O=C1C(=Cc2ccc(C=C3Nc4ccc(S(=O)(=O)O)cc4C3=O)c3ccccc23)Nc2ccc(S(=O)(=O)O)cc21. The highest BCUT2D eigenvalue weighted by atomic mass is 32.2. The van der Waals surface area contributed by atoms with Gasteiger partial charge in [0.25, 0.3) is 20.2 Å². The molecule has 2 heterocycles. The monoisotopic (exact) mass is 574 g/mol. The number of hydrogen-bond acceptors (Lipinski definition) is 8. The van der Waals surface area contributed by atoms with Gasteiger partial charge in [0.15, 0.2) is 0 Å². The number of carbonyl (C=O) groups is 2. The van der Waals surface area contributed by atoms with Gasteiger partial charge in [-0.1, -0.05) is 36.4 Å². The number of carbonyl (C=O) groups excluding carboxylic acids is 2. The predicted molar refractivity (Wildman–Crippen MR) is 148 cm³/mol. The zero-order chi connectivity index (χ0) is 28.4. The summed E-state index contributed by atoms with van der Waals surface area (Å²) in [7, 11) is -8.94. The molecule has 4 N–H and O–H groups in total. The zero-order valence-electron chi connectivity index (χ0n) is 20.2. The Kier molecular flexibility index (Phi) is 5.75. The van der Waals surface area contributed by atoms with Gasteiger partial charge in [-0.15, -0.1) is 0 Å². The molecule has 40 heavy (non-hydrogen) atoms. The van der Waals surface area contributed by atoms with Crippen LogP contribution in [0.5, 0.6) is 0 Å². The molecule has 200 valence electrons. The molecule has 0 radical (unpaired) electrons. The Labute approximate surface area is 228 Å². The van der Waals surface area contributed by atoms with Gasteiger partial charge in [-0.25, -0.2) is 0 Å². The molecule has 0 atom stereocenters. The summed E-state index contributed by atoms with van der Waals surface area (Å²) in [5.74, 6) is -0.864. The Bertz CT molecular complexity index is 1950. The quantitative estimate of drug-likeness (QED) is 0.199. The van der Waals surface area contributed by atoms with Gasteiger partial charge < -0.3 is 10.6 Å². The van der Waals surface area contributed by atoms with Crippen molar-refractivity contribution in [2.75, 3.05) is 10.6 Å². The number of nitrogens with one attached hydrogen (secondary N) is 2. The van der Waals surface area contributed by atoms with Crippen LogP contribution in [0.2, 0.25) is 0 Å². The zero-order valence-corrected chi connectivity index (χ0v) is 21.9. The number of Topliss-reactive ketones (excluding diaryl/α,β-unsaturated/α-hetero) is 2. The Morgan fingerprint density at radius 1 is 0.575 bits per heavy atom. The molecule has 10 nitrogen and oxygen atoms in total. The summed E-state index contributed by atoms with van der Waals surface area (Å²) in [6, 6.07) is 18.4. The van der Waals surface area contributed by atoms with Crippen molar-refractivity contribution in [3.63, 3.8) is 0 Å². The number of allylic oxidation sites excluding steroid dienone is 2. The molecule has 0 unspecified atom stereocenters. The van der Waals surface area contributed by atoms with Crippen molar-refractivity contribution >= 4 is 66.1 Å². The van der Waals surface area contributed by atoms with Crippen molar-refractivity contribution in [2.45, 2.75) is 9.79 Å². The summed E-state index contributed by atoms with van der Waals surface area (Å²) in [6.07, 6.45) is 3.28. The smallest absolute Gasteiger partial charge is 0.294 e. The normalized spacial score (nSPS) is 16.8. The van der Waals surface area contributed by atoms with Crippen molar-refractivity contribution < 1.29 is 35.5 Å². The van der Waals surface area contributed by atoms with Gasteiger partial charge in [-0.3, -0.25) is 18.7 Å². The first-order valence-corrected chi connectivity index (χ1v) is 14.6. The molecular formula is C28H18N2O8S2. The van der Waals surface area contributed by atoms with Crippen LogP contribution >= 0.6 is 0 Å². The lowest BCUT2D eigenvalue weighted by Gasteiger charge is -2.08. The first kappa shape index (κ1) is 25.6. The molecule has 6 rings (SSSR count). The molecule has 0 spiro atoms. The minimum atomic E-state index is -4.47. The summed E-state index contributed by atoms with van der Waals surface area (Å²) in [5.41, 5.74) is 2.87. The van der Waals surface area contributed by atoms with E-state index in [0.717, 1.165) is 22.9 Å². The van der Waals surface area contributed by atoms with E-state index in [4.69, 9.17) is 0 Å². The van der Waals surface area contributed by atoms with E-state index < -0.39 is 31.8 Å². The maximum absolute atomic E-state index is 13.0. The standard InChI is InChI=1S/C28H18N2O8S2/c31-27-21-13-17(39(33,34)35)7-9-23(21)29-25(27)11-15-5-6-16(20-4-2-1-3-19(15)20)12-26-28(32)22-14-18(40(36,37)38)8-10-24(22)30-26/h1-14,29-30H,(H,33,34,35)(H,36,37,38). The highest BCUT2D eigenvalue weighted by Crippen LogP contribution is 2.35. The second kappa shape index (κ2) is 8.96. The fourth-order valence-corrected chi connectivity index (χ4v) is 5.78. The first-order chi connectivity index (χ1) is 18.9. The molecular weight excluding hydrogens is 556 g/mol. The van der Waals surface area contributed by atoms with Gasteiger partial charge in [-0.2, -0.15) is 16.8 Å². The van der Waals surface area contributed by atoms with E-state index in [9.17, 15) is 35.5 Å². The average molecular weight is 575 g/mol. The lowest BCUT2D eigenvalue weighted by atomic mass is 9.97. The van der Waals surface area contributed by atoms with E-state index in [1.165, 1.54) is 24.3 Å². The van der Waals surface area contributed by atoms with Crippen molar-refractivity contribution in [1.29, 1.82) is 0 Å². The number of benzene rings is 4. The number of anilines is 2. The highest BCUT2D eigenvalue weighted by Gasteiger charge is 2.28. The molecule has 0 saturated carbocycles. The second-order valence-electron chi connectivity index (χ2n) is 9.18. The van der Waals surface area contributed by atoms with Crippen LogP contribution in [-0.2, 0) is 20.2 Å². The molecule has 2 aliphatic heterocycles. The van der Waals surface area contributed by atoms with Crippen molar-refractivity contribution in [1.82, 2.24) is 0 Å². The minimum Gasteiger partial charge on any atom is -0.352 e. The molecule has 4 aromatic rings. The van der Waals surface area contributed by atoms with Gasteiger partial charge in [0.1, 0.15) is 0 Å². The fourth-order valence-electron chi connectivity index (χ4n) is 4.77. The van der Waals surface area contributed by atoms with Crippen LogP contribution in [0.1, 0.15) is 31.8 Å². The third-order valence-electron chi connectivity index (χ3n) is 6.69. The lowest BCUT2D eigenvalue weighted by Crippen LogP contribution is -2.02. The number of rotatable bonds is 4. The van der Waals surface area contributed by atoms with Gasteiger partial charge in [0.05, 0.1) is 21.2 Å². The lowest BCUT2D eigenvalue weighted by molar-refractivity contribution is 0.103. The maximum atomic E-state index is 13.0. The summed E-state index contributed by atoms with van der Waals surface area (Å²) in [5, 5.41) is 7.51. The van der Waals surface area contributed by atoms with Gasteiger partial charge in [0, 0.05) is 22.5 Å².